The predicted octanol–water partition coefficient (Wildman–Crippen LogP) is 2.70. The molecule has 0 saturated heterocycles. The third kappa shape index (κ3) is 2.78. The smallest absolute Gasteiger partial charge is 0.172 e. The van der Waals surface area contributed by atoms with Gasteiger partial charge in [-0.3, -0.25) is 0 Å². The Balaban J connectivity index is 2.40. The summed E-state index contributed by atoms with van der Waals surface area (Å²) in [5, 5.41) is 14.5. The van der Waals surface area contributed by atoms with Gasteiger partial charge in [0, 0.05) is 5.69 Å². The van der Waals surface area contributed by atoms with E-state index in [9.17, 15) is 0 Å². The van der Waals surface area contributed by atoms with Crippen LogP contribution < -0.4 is 5.73 Å². The number of aromatic nitrogens is 1. The lowest BCUT2D eigenvalue weighted by molar-refractivity contribution is 0.318. The first-order valence-electron chi connectivity index (χ1n) is 4.87. The molecule has 2 aromatic rings. The lowest BCUT2D eigenvalue weighted by Crippen LogP contribution is -2.15. The molecule has 0 fully saturated rings. The molecule has 2 rings (SSSR count). The number of hydrogen-bond acceptors (Lipinski definition) is 5. The van der Waals surface area contributed by atoms with Crippen molar-refractivity contribution in [1.29, 1.82) is 0 Å². The summed E-state index contributed by atoms with van der Waals surface area (Å²) in [4.78, 5) is 4.41. The summed E-state index contributed by atoms with van der Waals surface area (Å²) in [7, 11) is 0. The maximum Gasteiger partial charge on any atom is 0.172 e. The van der Waals surface area contributed by atoms with Crippen LogP contribution in [0.25, 0.3) is 0 Å². The molecule has 0 aliphatic heterocycles. The second-order valence-electron chi connectivity index (χ2n) is 3.32. The first-order chi connectivity index (χ1) is 8.20. The molecule has 88 valence electrons. The van der Waals surface area contributed by atoms with E-state index >= 15 is 0 Å². The summed E-state index contributed by atoms with van der Waals surface area (Å²) in [6.07, 6.45) is 0. The third-order valence-corrected chi connectivity index (χ3v) is 4.12. The Bertz CT molecular complexity index is 538. The van der Waals surface area contributed by atoms with Crippen molar-refractivity contribution in [3.63, 3.8) is 0 Å². The highest BCUT2D eigenvalue weighted by atomic mass is 32.2. The number of thiophene rings is 1. The van der Waals surface area contributed by atoms with Crippen LogP contribution in [-0.4, -0.2) is 16.0 Å². The zero-order valence-electron chi connectivity index (χ0n) is 9.12. The van der Waals surface area contributed by atoms with Crippen LogP contribution in [0.2, 0.25) is 0 Å². The fourth-order valence-corrected chi connectivity index (χ4v) is 3.13. The second kappa shape index (κ2) is 5.20. The van der Waals surface area contributed by atoms with Gasteiger partial charge in [-0.05, 0) is 30.5 Å². The van der Waals surface area contributed by atoms with E-state index in [2.05, 4.69) is 10.1 Å². The summed E-state index contributed by atoms with van der Waals surface area (Å²) in [6, 6.07) is 7.64. The largest absolute Gasteiger partial charge is 0.409 e. The molecule has 3 N–H and O–H groups in total. The van der Waals surface area contributed by atoms with Crippen molar-refractivity contribution in [2.75, 3.05) is 0 Å². The zero-order chi connectivity index (χ0) is 12.3. The molecule has 0 atom stereocenters. The first-order valence-corrected chi connectivity index (χ1v) is 6.57. The lowest BCUT2D eigenvalue weighted by Gasteiger charge is -2.06. The maximum absolute atomic E-state index is 8.74. The number of hydrogen-bond donors (Lipinski definition) is 2. The molecule has 0 bridgehead atoms. The van der Waals surface area contributed by atoms with E-state index in [1.165, 1.54) is 11.8 Å². The molecule has 0 radical (unpaired) electrons. The topological polar surface area (TPSA) is 71.5 Å². The molecule has 0 aromatic carbocycles. The van der Waals surface area contributed by atoms with Crippen molar-refractivity contribution in [3.05, 3.63) is 40.9 Å². The number of amidine groups is 1. The van der Waals surface area contributed by atoms with Gasteiger partial charge in [-0.25, -0.2) is 4.98 Å². The van der Waals surface area contributed by atoms with Gasteiger partial charge in [-0.2, -0.15) is 0 Å². The third-order valence-electron chi connectivity index (χ3n) is 2.08. The van der Waals surface area contributed by atoms with Crippen LogP contribution in [0.5, 0.6) is 0 Å². The fourth-order valence-electron chi connectivity index (χ4n) is 1.28. The van der Waals surface area contributed by atoms with E-state index in [1.807, 2.05) is 36.6 Å². The predicted molar refractivity (Wildman–Crippen MR) is 69.9 cm³/mol. The summed E-state index contributed by atoms with van der Waals surface area (Å²) in [5.74, 6) is 0.0801. The van der Waals surface area contributed by atoms with Crippen LogP contribution in [-0.2, 0) is 0 Å². The zero-order valence-corrected chi connectivity index (χ0v) is 10.8. The van der Waals surface area contributed by atoms with Crippen molar-refractivity contribution in [1.82, 2.24) is 4.98 Å². The van der Waals surface area contributed by atoms with Crippen molar-refractivity contribution in [2.45, 2.75) is 16.2 Å². The lowest BCUT2D eigenvalue weighted by atomic mass is 10.2. The maximum atomic E-state index is 8.74. The van der Waals surface area contributed by atoms with Crippen LogP contribution in [0.15, 0.2) is 44.0 Å². The standard InChI is InChI=1S/C11H11N3OS2/c1-7-4-5-8(10(12)14-15)11(13-7)17-9-3-2-6-16-9/h2-6,15H,1H3,(H2,12,14). The van der Waals surface area contributed by atoms with Gasteiger partial charge in [-0.1, -0.05) is 23.0 Å². The molecular weight excluding hydrogens is 254 g/mol. The molecule has 4 nitrogen and oxygen atoms in total. The van der Waals surface area contributed by atoms with Crippen molar-refractivity contribution in [3.8, 4) is 0 Å². The second-order valence-corrected chi connectivity index (χ2v) is 5.56. The number of nitrogens with two attached hydrogens (primary N) is 1. The van der Waals surface area contributed by atoms with Gasteiger partial charge in [0.05, 0.1) is 9.77 Å². The van der Waals surface area contributed by atoms with E-state index in [0.29, 0.717) is 5.56 Å². The fraction of sp³-hybridized carbons (Fsp3) is 0.0909. The summed E-state index contributed by atoms with van der Waals surface area (Å²) >= 11 is 3.15. The molecule has 0 aliphatic rings. The Labute approximate surface area is 107 Å². The monoisotopic (exact) mass is 265 g/mol. The van der Waals surface area contributed by atoms with E-state index < -0.39 is 0 Å². The highest BCUT2D eigenvalue weighted by Crippen LogP contribution is 2.32. The average Bonchev–Trinajstić information content (AvgIpc) is 2.81. The van der Waals surface area contributed by atoms with Crippen LogP contribution in [0.1, 0.15) is 11.3 Å². The molecule has 0 aliphatic carbocycles. The van der Waals surface area contributed by atoms with Crippen LogP contribution in [0.3, 0.4) is 0 Å². The normalized spacial score (nSPS) is 11.7. The van der Waals surface area contributed by atoms with E-state index in [4.69, 9.17) is 10.9 Å². The Morgan fingerprint density at radius 3 is 2.94 bits per heavy atom. The van der Waals surface area contributed by atoms with Crippen LogP contribution >= 0.6 is 23.1 Å². The quantitative estimate of drug-likeness (QED) is 0.387. The minimum Gasteiger partial charge on any atom is -0.409 e. The van der Waals surface area contributed by atoms with Gasteiger partial charge in [0.1, 0.15) is 5.03 Å². The molecule has 17 heavy (non-hydrogen) atoms. The van der Waals surface area contributed by atoms with Gasteiger partial charge in [0.25, 0.3) is 0 Å². The number of pyridine rings is 1. The van der Waals surface area contributed by atoms with E-state index in [1.54, 1.807) is 11.3 Å². The van der Waals surface area contributed by atoms with Crippen molar-refractivity contribution in [2.24, 2.45) is 10.9 Å². The Morgan fingerprint density at radius 1 is 1.47 bits per heavy atom. The number of aryl methyl sites for hydroxylation is 1. The molecular formula is C11H11N3OS2. The van der Waals surface area contributed by atoms with Crippen molar-refractivity contribution >= 4 is 28.9 Å². The Morgan fingerprint density at radius 2 is 2.29 bits per heavy atom. The highest BCUT2D eigenvalue weighted by molar-refractivity contribution is 8.01. The minimum atomic E-state index is 0.0801. The summed E-state index contributed by atoms with van der Waals surface area (Å²) in [5.41, 5.74) is 7.18. The van der Waals surface area contributed by atoms with Gasteiger partial charge in [0.15, 0.2) is 5.84 Å². The molecule has 2 aromatic heterocycles. The average molecular weight is 265 g/mol. The molecule has 6 heteroatoms. The number of oxime groups is 1. The molecule has 2 heterocycles. The molecule has 0 spiro atoms. The van der Waals surface area contributed by atoms with Gasteiger partial charge in [0.2, 0.25) is 0 Å². The molecule has 0 unspecified atom stereocenters. The van der Waals surface area contributed by atoms with Crippen LogP contribution in [0, 0.1) is 6.92 Å². The summed E-state index contributed by atoms with van der Waals surface area (Å²) in [6.45, 7) is 1.91. The Kier molecular flexibility index (Phi) is 3.65. The minimum absolute atomic E-state index is 0.0801. The van der Waals surface area contributed by atoms with Gasteiger partial charge < -0.3 is 10.9 Å². The van der Waals surface area contributed by atoms with Crippen molar-refractivity contribution < 1.29 is 5.21 Å². The van der Waals surface area contributed by atoms with E-state index in [0.717, 1.165) is 14.9 Å². The van der Waals surface area contributed by atoms with Crippen LogP contribution in [0.4, 0.5) is 0 Å². The number of rotatable bonds is 3. The first kappa shape index (κ1) is 11.9. The van der Waals surface area contributed by atoms with Gasteiger partial charge in [-0.15, -0.1) is 11.3 Å². The number of nitrogens with zero attached hydrogens (tertiary/aromatic N) is 2. The summed E-state index contributed by atoms with van der Waals surface area (Å²) < 4.78 is 1.12. The van der Waals surface area contributed by atoms with Gasteiger partial charge >= 0.3 is 0 Å². The van der Waals surface area contributed by atoms with E-state index in [-0.39, 0.29) is 5.84 Å². The Hall–Kier alpha value is -1.53. The molecule has 0 saturated carbocycles. The molecule has 0 amide bonds. The highest BCUT2D eigenvalue weighted by Gasteiger charge is 2.11. The SMILES string of the molecule is Cc1ccc(C(N)=NO)c(Sc2cccs2)n1.